The Kier molecular flexibility index (Phi) is 7.87. The van der Waals surface area contributed by atoms with Crippen molar-refractivity contribution >= 4 is 39.5 Å². The van der Waals surface area contributed by atoms with Crippen molar-refractivity contribution in [1.29, 1.82) is 0 Å². The Morgan fingerprint density at radius 1 is 0.842 bits per heavy atom. The molecule has 7 heteroatoms. The maximum absolute atomic E-state index is 13.0. The van der Waals surface area contributed by atoms with Gasteiger partial charge in [0, 0.05) is 11.6 Å². The third kappa shape index (κ3) is 6.07. The number of hydrogen-bond donors (Lipinski definition) is 0. The van der Waals surface area contributed by atoms with Crippen LogP contribution in [0.25, 0.3) is 21.5 Å². The van der Waals surface area contributed by atoms with E-state index in [0.29, 0.717) is 22.6 Å². The fourth-order valence-electron chi connectivity index (χ4n) is 3.85. The summed E-state index contributed by atoms with van der Waals surface area (Å²) >= 11 is 0. The quantitative estimate of drug-likeness (QED) is 0.115. The summed E-state index contributed by atoms with van der Waals surface area (Å²) in [6.45, 7) is 10.3. The molecule has 4 rings (SSSR count). The van der Waals surface area contributed by atoms with E-state index in [1.807, 2.05) is 43.3 Å². The molecule has 0 aliphatic heterocycles. The molecule has 7 nitrogen and oxygen atoms in total. The average Bonchev–Trinajstić information content (AvgIpc) is 2.91. The summed E-state index contributed by atoms with van der Waals surface area (Å²) < 4.78 is 21.2. The maximum Gasteiger partial charge on any atom is 0.343 e. The maximum atomic E-state index is 13.0. The molecule has 4 aromatic rings. The number of rotatable bonds is 9. The SMILES string of the molecule is C=CC(=O)OCOc1ccc2c(C)c(C(=O)Oc3ccc4cc(COC(=O)C(=C)C)ccc4c3)ccc2c1. The lowest BCUT2D eigenvalue weighted by atomic mass is 10.00. The highest BCUT2D eigenvalue weighted by Crippen LogP contribution is 2.28. The molecule has 0 aliphatic rings. The van der Waals surface area contributed by atoms with Crippen molar-refractivity contribution in [2.24, 2.45) is 0 Å². The fourth-order valence-corrected chi connectivity index (χ4v) is 3.85. The minimum absolute atomic E-state index is 0.149. The summed E-state index contributed by atoms with van der Waals surface area (Å²) in [7, 11) is 0. The Morgan fingerprint density at radius 3 is 2.29 bits per heavy atom. The molecule has 192 valence electrons. The predicted molar refractivity (Wildman–Crippen MR) is 144 cm³/mol. The van der Waals surface area contributed by atoms with Gasteiger partial charge in [-0.1, -0.05) is 43.5 Å². The van der Waals surface area contributed by atoms with Crippen LogP contribution in [0.15, 0.2) is 91.5 Å². The van der Waals surface area contributed by atoms with Crippen LogP contribution in [0.2, 0.25) is 0 Å². The van der Waals surface area contributed by atoms with Gasteiger partial charge in [-0.25, -0.2) is 14.4 Å². The topological polar surface area (TPSA) is 88.1 Å². The summed E-state index contributed by atoms with van der Waals surface area (Å²) in [5.74, 6) is -0.526. The van der Waals surface area contributed by atoms with Crippen molar-refractivity contribution in [2.45, 2.75) is 20.5 Å². The molecule has 4 aromatic carbocycles. The monoisotopic (exact) mass is 510 g/mol. The molecular formula is C31H26O7. The molecule has 0 unspecified atom stereocenters. The highest BCUT2D eigenvalue weighted by Gasteiger charge is 2.15. The van der Waals surface area contributed by atoms with Crippen molar-refractivity contribution in [3.8, 4) is 11.5 Å². The first kappa shape index (κ1) is 26.2. The van der Waals surface area contributed by atoms with Crippen LogP contribution in [0.4, 0.5) is 0 Å². The van der Waals surface area contributed by atoms with E-state index < -0.39 is 17.9 Å². The Bertz CT molecular complexity index is 1580. The Hall–Kier alpha value is -4.91. The van der Waals surface area contributed by atoms with Gasteiger partial charge in [-0.05, 0) is 82.9 Å². The molecule has 0 spiro atoms. The van der Waals surface area contributed by atoms with Gasteiger partial charge in [0.25, 0.3) is 0 Å². The number of hydrogen-bond acceptors (Lipinski definition) is 7. The van der Waals surface area contributed by atoms with Crippen LogP contribution >= 0.6 is 0 Å². The van der Waals surface area contributed by atoms with Crippen LogP contribution in [-0.4, -0.2) is 24.7 Å². The number of benzene rings is 4. The van der Waals surface area contributed by atoms with Crippen molar-refractivity contribution in [2.75, 3.05) is 6.79 Å². The third-order valence-corrected chi connectivity index (χ3v) is 5.88. The van der Waals surface area contributed by atoms with Crippen LogP contribution in [0.1, 0.15) is 28.4 Å². The molecule has 0 atom stereocenters. The first-order valence-electron chi connectivity index (χ1n) is 11.8. The lowest BCUT2D eigenvalue weighted by molar-refractivity contribution is -0.144. The molecule has 38 heavy (non-hydrogen) atoms. The van der Waals surface area contributed by atoms with Crippen LogP contribution in [0.3, 0.4) is 0 Å². The van der Waals surface area contributed by atoms with E-state index in [0.717, 1.165) is 38.7 Å². The second kappa shape index (κ2) is 11.4. The van der Waals surface area contributed by atoms with E-state index in [2.05, 4.69) is 13.2 Å². The van der Waals surface area contributed by atoms with Gasteiger partial charge in [-0.2, -0.15) is 0 Å². The van der Waals surface area contributed by atoms with Crippen LogP contribution in [0.5, 0.6) is 11.5 Å². The molecule has 0 bridgehead atoms. The largest absolute Gasteiger partial charge is 0.457 e. The smallest absolute Gasteiger partial charge is 0.343 e. The van der Waals surface area contributed by atoms with E-state index in [-0.39, 0.29) is 13.4 Å². The fraction of sp³-hybridized carbons (Fsp3) is 0.129. The molecule has 0 N–H and O–H groups in total. The Balaban J connectivity index is 1.46. The highest BCUT2D eigenvalue weighted by molar-refractivity contribution is 6.00. The Labute approximate surface area is 219 Å². The number of carbonyl (C=O) groups is 3. The molecule has 0 heterocycles. The van der Waals surface area contributed by atoms with Crippen molar-refractivity contribution < 1.29 is 33.3 Å². The second-order valence-corrected chi connectivity index (χ2v) is 8.64. The molecule has 0 radical (unpaired) electrons. The average molecular weight is 511 g/mol. The number of esters is 3. The first-order chi connectivity index (χ1) is 18.2. The molecule has 0 aliphatic carbocycles. The van der Waals surface area contributed by atoms with Gasteiger partial charge in [0.2, 0.25) is 6.79 Å². The number of fused-ring (bicyclic) bond motifs is 2. The van der Waals surface area contributed by atoms with Crippen LogP contribution in [0, 0.1) is 6.92 Å². The zero-order chi connectivity index (χ0) is 27.2. The van der Waals surface area contributed by atoms with E-state index in [1.54, 1.807) is 37.3 Å². The van der Waals surface area contributed by atoms with Gasteiger partial charge >= 0.3 is 17.9 Å². The van der Waals surface area contributed by atoms with E-state index in [4.69, 9.17) is 18.9 Å². The first-order valence-corrected chi connectivity index (χ1v) is 11.8. The van der Waals surface area contributed by atoms with Crippen LogP contribution in [-0.2, 0) is 25.7 Å². The normalized spacial score (nSPS) is 10.6. The van der Waals surface area contributed by atoms with Gasteiger partial charge in [-0.3, -0.25) is 0 Å². The predicted octanol–water partition coefficient (Wildman–Crippen LogP) is 6.21. The minimum Gasteiger partial charge on any atom is -0.457 e. The zero-order valence-corrected chi connectivity index (χ0v) is 21.1. The lowest BCUT2D eigenvalue weighted by Crippen LogP contribution is -2.10. The van der Waals surface area contributed by atoms with Gasteiger partial charge in [0.15, 0.2) is 0 Å². The molecule has 0 saturated carbocycles. The summed E-state index contributed by atoms with van der Waals surface area (Å²) in [4.78, 5) is 35.8. The standard InChI is InChI=1S/C31H26O7/c1-5-29(32)37-18-36-25-11-13-27-20(4)28(12-9-24(27)16-25)31(34)38-26-10-8-22-14-21(6-7-23(22)15-26)17-35-30(33)19(2)3/h5-16H,1-2,17-18H2,3-4H3. The number of aryl methyl sites for hydroxylation is 1. The minimum atomic E-state index is -0.567. The summed E-state index contributed by atoms with van der Waals surface area (Å²) in [6, 6.07) is 19.9. The van der Waals surface area contributed by atoms with Gasteiger partial charge in [0.05, 0.1) is 5.56 Å². The van der Waals surface area contributed by atoms with Gasteiger partial charge in [-0.15, -0.1) is 0 Å². The van der Waals surface area contributed by atoms with E-state index in [9.17, 15) is 14.4 Å². The van der Waals surface area contributed by atoms with E-state index in [1.165, 1.54) is 0 Å². The van der Waals surface area contributed by atoms with Gasteiger partial charge in [0.1, 0.15) is 18.1 Å². The Morgan fingerprint density at radius 2 is 1.53 bits per heavy atom. The molecule has 0 aromatic heterocycles. The summed E-state index contributed by atoms with van der Waals surface area (Å²) in [5.41, 5.74) is 2.41. The summed E-state index contributed by atoms with van der Waals surface area (Å²) in [6.07, 6.45) is 1.06. The lowest BCUT2D eigenvalue weighted by Gasteiger charge is -2.12. The van der Waals surface area contributed by atoms with Gasteiger partial charge < -0.3 is 18.9 Å². The molecule has 0 fully saturated rings. The van der Waals surface area contributed by atoms with Crippen molar-refractivity contribution in [3.05, 3.63) is 108 Å². The van der Waals surface area contributed by atoms with Crippen molar-refractivity contribution in [1.82, 2.24) is 0 Å². The van der Waals surface area contributed by atoms with Crippen LogP contribution < -0.4 is 9.47 Å². The summed E-state index contributed by atoms with van der Waals surface area (Å²) in [5, 5.41) is 3.54. The molecular weight excluding hydrogens is 484 g/mol. The highest BCUT2D eigenvalue weighted by atomic mass is 16.7. The second-order valence-electron chi connectivity index (χ2n) is 8.64. The molecule has 0 amide bonds. The zero-order valence-electron chi connectivity index (χ0n) is 21.1. The van der Waals surface area contributed by atoms with Crippen molar-refractivity contribution in [3.63, 3.8) is 0 Å². The third-order valence-electron chi connectivity index (χ3n) is 5.88. The number of ether oxygens (including phenoxy) is 4. The number of carbonyl (C=O) groups excluding carboxylic acids is 3. The molecule has 0 saturated heterocycles. The van der Waals surface area contributed by atoms with E-state index >= 15 is 0 Å².